The van der Waals surface area contributed by atoms with Crippen molar-refractivity contribution in [2.24, 2.45) is 0 Å². The highest BCUT2D eigenvalue weighted by Crippen LogP contribution is 2.47. The highest BCUT2D eigenvalue weighted by atomic mass is 15.2. The molecule has 0 radical (unpaired) electrons. The van der Waals surface area contributed by atoms with Gasteiger partial charge in [-0.05, 0) is 69.0 Å². The summed E-state index contributed by atoms with van der Waals surface area (Å²) < 4.78 is 2.65. The number of likely N-dealkylation sites (N-methyl/N-ethyl adjacent to an activating group) is 1. The lowest BCUT2D eigenvalue weighted by molar-refractivity contribution is 0.222. The monoisotopic (exact) mass is 344 g/mol. The summed E-state index contributed by atoms with van der Waals surface area (Å²) in [7, 11) is 2.33. The van der Waals surface area contributed by atoms with Gasteiger partial charge in [-0.1, -0.05) is 35.9 Å². The molecule has 2 bridgehead atoms. The Morgan fingerprint density at radius 2 is 1.88 bits per heavy atom. The highest BCUT2D eigenvalue weighted by molar-refractivity contribution is 5.87. The lowest BCUT2D eigenvalue weighted by atomic mass is 9.97. The predicted molar refractivity (Wildman–Crippen MR) is 109 cm³/mol. The van der Waals surface area contributed by atoms with E-state index in [2.05, 4.69) is 72.8 Å². The van der Waals surface area contributed by atoms with Crippen molar-refractivity contribution in [3.63, 3.8) is 0 Å². The first-order valence-electron chi connectivity index (χ1n) is 10.0. The van der Waals surface area contributed by atoms with Crippen LogP contribution in [-0.4, -0.2) is 22.6 Å². The Bertz CT molecular complexity index is 981. The van der Waals surface area contributed by atoms with Crippen molar-refractivity contribution in [3.05, 3.63) is 70.4 Å². The summed E-state index contributed by atoms with van der Waals surface area (Å²) in [6.45, 7) is 5.54. The Morgan fingerprint density at radius 3 is 2.73 bits per heavy atom. The zero-order valence-electron chi connectivity index (χ0n) is 16.1. The third-order valence-electron chi connectivity index (χ3n) is 6.84. The van der Waals surface area contributed by atoms with E-state index in [9.17, 15) is 0 Å². The van der Waals surface area contributed by atoms with E-state index in [-0.39, 0.29) is 0 Å². The quantitative estimate of drug-likeness (QED) is 0.634. The van der Waals surface area contributed by atoms with Gasteiger partial charge in [0.25, 0.3) is 0 Å². The molecule has 3 aromatic rings. The number of nitrogens with zero attached hydrogens (tertiary/aromatic N) is 2. The molecule has 0 spiro atoms. The van der Waals surface area contributed by atoms with Crippen LogP contribution in [0.4, 0.5) is 0 Å². The number of hydrogen-bond donors (Lipinski definition) is 0. The van der Waals surface area contributed by atoms with Gasteiger partial charge in [-0.2, -0.15) is 0 Å². The van der Waals surface area contributed by atoms with Gasteiger partial charge in [0, 0.05) is 41.6 Å². The van der Waals surface area contributed by atoms with Crippen LogP contribution in [0, 0.1) is 13.8 Å². The minimum absolute atomic E-state index is 0.618. The Kier molecular flexibility index (Phi) is 3.72. The van der Waals surface area contributed by atoms with Crippen molar-refractivity contribution in [1.29, 1.82) is 0 Å². The molecular weight excluding hydrogens is 316 g/mol. The van der Waals surface area contributed by atoms with E-state index < -0.39 is 0 Å². The summed E-state index contributed by atoms with van der Waals surface area (Å²) >= 11 is 0. The average Bonchev–Trinajstić information content (AvgIpc) is 3.04. The highest BCUT2D eigenvalue weighted by Gasteiger charge is 2.40. The van der Waals surface area contributed by atoms with E-state index in [0.29, 0.717) is 6.04 Å². The molecule has 134 valence electrons. The molecule has 2 aromatic carbocycles. The number of rotatable bonds is 3. The first-order chi connectivity index (χ1) is 12.6. The molecule has 5 rings (SSSR count). The van der Waals surface area contributed by atoms with E-state index in [0.717, 1.165) is 19.0 Å². The van der Waals surface area contributed by atoms with Crippen LogP contribution in [0.5, 0.6) is 0 Å². The van der Waals surface area contributed by atoms with Gasteiger partial charge in [0.2, 0.25) is 0 Å². The topological polar surface area (TPSA) is 8.17 Å². The van der Waals surface area contributed by atoms with Crippen molar-refractivity contribution in [2.75, 3.05) is 7.05 Å². The van der Waals surface area contributed by atoms with Gasteiger partial charge in [-0.3, -0.25) is 4.90 Å². The fraction of sp³-hybridized carbons (Fsp3) is 0.417. The molecule has 2 unspecified atom stereocenters. The molecule has 1 saturated heterocycles. The van der Waals surface area contributed by atoms with Crippen LogP contribution >= 0.6 is 0 Å². The van der Waals surface area contributed by atoms with Crippen LogP contribution in [0.1, 0.15) is 46.8 Å². The van der Waals surface area contributed by atoms with Crippen molar-refractivity contribution in [3.8, 4) is 0 Å². The van der Waals surface area contributed by atoms with E-state index in [1.807, 2.05) is 0 Å². The van der Waals surface area contributed by atoms with Crippen molar-refractivity contribution in [1.82, 2.24) is 9.47 Å². The molecule has 2 atom stereocenters. The Balaban J connectivity index is 1.62. The Morgan fingerprint density at radius 1 is 1.04 bits per heavy atom. The molecule has 0 amide bonds. The van der Waals surface area contributed by atoms with Crippen molar-refractivity contribution >= 4 is 10.9 Å². The summed E-state index contributed by atoms with van der Waals surface area (Å²) in [4.78, 5) is 2.63. The molecule has 0 aliphatic carbocycles. The number of aryl methyl sites for hydroxylation is 4. The minimum Gasteiger partial charge on any atom is -0.344 e. The van der Waals surface area contributed by atoms with Crippen LogP contribution < -0.4 is 0 Å². The van der Waals surface area contributed by atoms with Crippen molar-refractivity contribution in [2.45, 2.75) is 58.2 Å². The summed E-state index contributed by atoms with van der Waals surface area (Å²) in [5.74, 6) is 0. The number of fused-ring (bicyclic) bond motifs is 6. The fourth-order valence-corrected chi connectivity index (χ4v) is 5.35. The van der Waals surface area contributed by atoms with Gasteiger partial charge < -0.3 is 4.57 Å². The second-order valence-electron chi connectivity index (χ2n) is 8.33. The molecule has 0 saturated carbocycles. The molecule has 3 heterocycles. The van der Waals surface area contributed by atoms with Gasteiger partial charge in [0.05, 0.1) is 0 Å². The van der Waals surface area contributed by atoms with Crippen LogP contribution in [0.15, 0.2) is 42.5 Å². The smallest absolute Gasteiger partial charge is 0.0486 e. The largest absolute Gasteiger partial charge is 0.344 e. The minimum atomic E-state index is 0.618. The second-order valence-corrected chi connectivity index (χ2v) is 8.33. The molecule has 2 aliphatic rings. The molecule has 1 fully saturated rings. The molecule has 26 heavy (non-hydrogen) atoms. The molecule has 2 aliphatic heterocycles. The first kappa shape index (κ1) is 16.1. The summed E-state index contributed by atoms with van der Waals surface area (Å²) in [5.41, 5.74) is 8.95. The Labute approximate surface area is 156 Å². The average molecular weight is 345 g/mol. The maximum Gasteiger partial charge on any atom is 0.0486 e. The van der Waals surface area contributed by atoms with Gasteiger partial charge in [-0.15, -0.1) is 0 Å². The van der Waals surface area contributed by atoms with Crippen molar-refractivity contribution < 1.29 is 0 Å². The summed E-state index contributed by atoms with van der Waals surface area (Å²) in [6.07, 6.45) is 4.99. The fourth-order valence-electron chi connectivity index (χ4n) is 5.35. The van der Waals surface area contributed by atoms with Crippen LogP contribution in [0.25, 0.3) is 10.9 Å². The predicted octanol–water partition coefficient (Wildman–Crippen LogP) is 5.19. The summed E-state index contributed by atoms with van der Waals surface area (Å²) in [5, 5.41) is 1.50. The van der Waals surface area contributed by atoms with E-state index in [1.165, 1.54) is 46.9 Å². The first-order valence-corrected chi connectivity index (χ1v) is 10.0. The lowest BCUT2D eigenvalue weighted by Gasteiger charge is -2.32. The molecule has 2 nitrogen and oxygen atoms in total. The second kappa shape index (κ2) is 5.99. The van der Waals surface area contributed by atoms with Crippen LogP contribution in [-0.2, 0) is 19.4 Å². The number of benzene rings is 2. The number of hydrogen-bond acceptors (Lipinski definition) is 1. The third kappa shape index (κ3) is 2.35. The maximum absolute atomic E-state index is 2.65. The third-order valence-corrected chi connectivity index (χ3v) is 6.84. The molecule has 2 heteroatoms. The van der Waals surface area contributed by atoms with Gasteiger partial charge in [0.15, 0.2) is 0 Å². The van der Waals surface area contributed by atoms with Gasteiger partial charge >= 0.3 is 0 Å². The SMILES string of the molecule is Cc1ccc2c(c1)c1c(n2CCc2ccccc2C)CC2CCC1N2C. The maximum atomic E-state index is 2.65. The van der Waals surface area contributed by atoms with Gasteiger partial charge in [0.1, 0.15) is 0 Å². The normalized spacial score (nSPS) is 22.1. The van der Waals surface area contributed by atoms with E-state index in [4.69, 9.17) is 0 Å². The van der Waals surface area contributed by atoms with Gasteiger partial charge in [-0.25, -0.2) is 0 Å². The van der Waals surface area contributed by atoms with Crippen LogP contribution in [0.2, 0.25) is 0 Å². The zero-order valence-corrected chi connectivity index (χ0v) is 16.1. The molecule has 0 N–H and O–H groups in total. The number of aromatic nitrogens is 1. The van der Waals surface area contributed by atoms with Crippen LogP contribution in [0.3, 0.4) is 0 Å². The lowest BCUT2D eigenvalue weighted by Crippen LogP contribution is -2.34. The Hall–Kier alpha value is -2.06. The van der Waals surface area contributed by atoms with E-state index >= 15 is 0 Å². The standard InChI is InChI=1S/C24H28N2/c1-16-8-10-21-20(14-16)24-22-11-9-19(25(22)3)15-23(24)26(21)13-12-18-7-5-4-6-17(18)2/h4-8,10,14,19,22H,9,11-13,15H2,1-3H3. The summed E-state index contributed by atoms with van der Waals surface area (Å²) in [6, 6.07) is 17.2. The zero-order chi connectivity index (χ0) is 17.8. The molecule has 1 aromatic heterocycles. The molecular formula is C24H28N2. The van der Waals surface area contributed by atoms with E-state index in [1.54, 1.807) is 11.3 Å².